The van der Waals surface area contributed by atoms with Crippen LogP contribution in [0.25, 0.3) is 0 Å². The zero-order chi connectivity index (χ0) is 13.5. The third kappa shape index (κ3) is 4.63. The molecule has 18 heavy (non-hydrogen) atoms. The van der Waals surface area contributed by atoms with Crippen LogP contribution in [0.1, 0.15) is 30.6 Å². The Morgan fingerprint density at radius 1 is 1.50 bits per heavy atom. The fourth-order valence-electron chi connectivity index (χ4n) is 1.51. The molecule has 0 bridgehead atoms. The number of hydrogen-bond donors (Lipinski definition) is 3. The first-order valence-electron chi connectivity index (χ1n) is 5.99. The highest BCUT2D eigenvalue weighted by atomic mass is 16.5. The Bertz CT molecular complexity index is 405. The van der Waals surface area contributed by atoms with Crippen molar-refractivity contribution in [3.63, 3.8) is 0 Å². The Balaban J connectivity index is 2.49. The molecule has 1 aromatic rings. The molecule has 0 atom stereocenters. The van der Waals surface area contributed by atoms with Crippen molar-refractivity contribution in [2.45, 2.75) is 26.4 Å². The van der Waals surface area contributed by atoms with E-state index in [4.69, 9.17) is 15.6 Å². The van der Waals surface area contributed by atoms with Crippen LogP contribution in [0.3, 0.4) is 0 Å². The summed E-state index contributed by atoms with van der Waals surface area (Å²) in [7, 11) is 0. The van der Waals surface area contributed by atoms with E-state index >= 15 is 0 Å². The molecule has 0 heterocycles. The van der Waals surface area contributed by atoms with Gasteiger partial charge in [-0.2, -0.15) is 0 Å². The number of anilines is 2. The first kappa shape index (κ1) is 14.3. The maximum atomic E-state index is 11.0. The van der Waals surface area contributed by atoms with E-state index in [0.29, 0.717) is 24.5 Å². The zero-order valence-corrected chi connectivity index (χ0v) is 10.8. The van der Waals surface area contributed by atoms with E-state index in [-0.39, 0.29) is 11.7 Å². The fourth-order valence-corrected chi connectivity index (χ4v) is 1.51. The van der Waals surface area contributed by atoms with Gasteiger partial charge in [0.25, 0.3) is 0 Å². The van der Waals surface area contributed by atoms with Gasteiger partial charge in [-0.25, -0.2) is 4.79 Å². The van der Waals surface area contributed by atoms with Gasteiger partial charge in [-0.15, -0.1) is 0 Å². The van der Waals surface area contributed by atoms with Gasteiger partial charge >= 0.3 is 5.97 Å². The molecule has 1 aromatic carbocycles. The smallest absolute Gasteiger partial charge is 0.337 e. The van der Waals surface area contributed by atoms with Crippen molar-refractivity contribution in [3.05, 3.63) is 23.8 Å². The molecule has 0 saturated heterocycles. The second-order valence-corrected chi connectivity index (χ2v) is 4.31. The van der Waals surface area contributed by atoms with Crippen molar-refractivity contribution >= 4 is 17.3 Å². The highest BCUT2D eigenvalue weighted by molar-refractivity contribution is 5.95. The predicted octanol–water partition coefficient (Wildman–Crippen LogP) is 2.19. The second kappa shape index (κ2) is 6.86. The van der Waals surface area contributed by atoms with Crippen LogP contribution in [0.2, 0.25) is 0 Å². The molecule has 0 spiro atoms. The Morgan fingerprint density at radius 2 is 2.22 bits per heavy atom. The second-order valence-electron chi connectivity index (χ2n) is 4.31. The summed E-state index contributed by atoms with van der Waals surface area (Å²) in [6.07, 6.45) is 1.04. The molecule has 0 aromatic heterocycles. The molecule has 100 valence electrons. The molecule has 5 nitrogen and oxygen atoms in total. The van der Waals surface area contributed by atoms with Crippen LogP contribution in [-0.2, 0) is 4.74 Å². The number of benzene rings is 1. The third-order valence-corrected chi connectivity index (χ3v) is 2.36. The number of carboxylic acid groups (broad SMARTS) is 1. The molecule has 0 radical (unpaired) electrons. The Labute approximate surface area is 107 Å². The van der Waals surface area contributed by atoms with Gasteiger partial charge < -0.3 is 20.9 Å². The van der Waals surface area contributed by atoms with E-state index in [1.165, 1.54) is 6.07 Å². The minimum atomic E-state index is -0.983. The van der Waals surface area contributed by atoms with Crippen molar-refractivity contribution in [2.24, 2.45) is 0 Å². The number of rotatable bonds is 7. The summed E-state index contributed by atoms with van der Waals surface area (Å²) in [6, 6.07) is 4.82. The highest BCUT2D eigenvalue weighted by Gasteiger charge is 2.09. The lowest BCUT2D eigenvalue weighted by molar-refractivity contribution is 0.0698. The molecule has 0 amide bonds. The van der Waals surface area contributed by atoms with Crippen molar-refractivity contribution in [3.8, 4) is 0 Å². The van der Waals surface area contributed by atoms with Gasteiger partial charge in [0.1, 0.15) is 0 Å². The SMILES string of the molecule is CC(C)OCCCNc1ccc(N)cc1C(=O)O. The number of hydrogen-bond acceptors (Lipinski definition) is 4. The molecule has 1 rings (SSSR count). The number of ether oxygens (including phenoxy) is 1. The standard InChI is InChI=1S/C13H20N2O3/c1-9(2)18-7-3-6-15-12-5-4-10(14)8-11(12)13(16)17/h4-5,8-9,15H,3,6-7,14H2,1-2H3,(H,16,17). The van der Waals surface area contributed by atoms with Crippen LogP contribution in [0.5, 0.6) is 0 Å². The number of carboxylic acids is 1. The summed E-state index contributed by atoms with van der Waals surface area (Å²) in [5.41, 5.74) is 6.79. The molecule has 4 N–H and O–H groups in total. The van der Waals surface area contributed by atoms with Gasteiger partial charge in [0.2, 0.25) is 0 Å². The molecular weight excluding hydrogens is 232 g/mol. The average Bonchev–Trinajstić information content (AvgIpc) is 2.29. The lowest BCUT2D eigenvalue weighted by Gasteiger charge is -2.11. The molecule has 5 heteroatoms. The average molecular weight is 252 g/mol. The minimum absolute atomic E-state index is 0.194. The third-order valence-electron chi connectivity index (χ3n) is 2.36. The molecular formula is C13H20N2O3. The van der Waals surface area contributed by atoms with Crippen molar-refractivity contribution < 1.29 is 14.6 Å². The lowest BCUT2D eigenvalue weighted by Crippen LogP contribution is -2.11. The summed E-state index contributed by atoms with van der Waals surface area (Å²) in [4.78, 5) is 11.0. The van der Waals surface area contributed by atoms with E-state index in [9.17, 15) is 4.79 Å². The molecule has 0 saturated carbocycles. The summed E-state index contributed by atoms with van der Waals surface area (Å²) in [5.74, 6) is -0.983. The Hall–Kier alpha value is -1.75. The summed E-state index contributed by atoms with van der Waals surface area (Å²) < 4.78 is 5.40. The highest BCUT2D eigenvalue weighted by Crippen LogP contribution is 2.18. The number of nitrogens with one attached hydrogen (secondary N) is 1. The van der Waals surface area contributed by atoms with Crippen LogP contribution in [0.4, 0.5) is 11.4 Å². The largest absolute Gasteiger partial charge is 0.478 e. The quantitative estimate of drug-likeness (QED) is 0.511. The number of aromatic carboxylic acids is 1. The zero-order valence-electron chi connectivity index (χ0n) is 10.8. The monoisotopic (exact) mass is 252 g/mol. The Morgan fingerprint density at radius 3 is 2.83 bits per heavy atom. The minimum Gasteiger partial charge on any atom is -0.478 e. The van der Waals surface area contributed by atoms with Crippen molar-refractivity contribution in [1.82, 2.24) is 0 Å². The van der Waals surface area contributed by atoms with Crippen molar-refractivity contribution in [2.75, 3.05) is 24.2 Å². The first-order valence-corrected chi connectivity index (χ1v) is 5.99. The van der Waals surface area contributed by atoms with Gasteiger partial charge in [-0.3, -0.25) is 0 Å². The predicted molar refractivity (Wildman–Crippen MR) is 72.0 cm³/mol. The number of nitrogen functional groups attached to an aromatic ring is 1. The van der Waals surface area contributed by atoms with Gasteiger partial charge in [-0.1, -0.05) is 0 Å². The van der Waals surface area contributed by atoms with E-state index in [1.807, 2.05) is 13.8 Å². The Kier molecular flexibility index (Phi) is 5.45. The van der Waals surface area contributed by atoms with Gasteiger partial charge in [-0.05, 0) is 38.5 Å². The molecule has 0 aliphatic rings. The van der Waals surface area contributed by atoms with Crippen LogP contribution in [0, 0.1) is 0 Å². The van der Waals surface area contributed by atoms with Crippen LogP contribution in [0.15, 0.2) is 18.2 Å². The molecule has 0 aliphatic heterocycles. The maximum absolute atomic E-state index is 11.0. The topological polar surface area (TPSA) is 84.6 Å². The van der Waals surface area contributed by atoms with Crippen LogP contribution >= 0.6 is 0 Å². The van der Waals surface area contributed by atoms with Gasteiger partial charge in [0, 0.05) is 24.5 Å². The molecule has 0 fully saturated rings. The summed E-state index contributed by atoms with van der Waals surface area (Å²) >= 11 is 0. The van der Waals surface area contributed by atoms with Gasteiger partial charge in [0.05, 0.1) is 11.7 Å². The lowest BCUT2D eigenvalue weighted by atomic mass is 10.1. The molecule has 0 aliphatic carbocycles. The van der Waals surface area contributed by atoms with E-state index in [0.717, 1.165) is 6.42 Å². The number of carbonyl (C=O) groups is 1. The normalized spacial score (nSPS) is 10.6. The van der Waals surface area contributed by atoms with E-state index in [2.05, 4.69) is 5.32 Å². The summed E-state index contributed by atoms with van der Waals surface area (Å²) in [5, 5.41) is 12.1. The fraction of sp³-hybridized carbons (Fsp3) is 0.462. The maximum Gasteiger partial charge on any atom is 0.337 e. The molecule has 0 unspecified atom stereocenters. The number of nitrogens with two attached hydrogens (primary N) is 1. The van der Waals surface area contributed by atoms with Gasteiger partial charge in [0.15, 0.2) is 0 Å². The van der Waals surface area contributed by atoms with Crippen LogP contribution in [-0.4, -0.2) is 30.3 Å². The first-order chi connectivity index (χ1) is 8.50. The van der Waals surface area contributed by atoms with Crippen LogP contribution < -0.4 is 11.1 Å². The van der Waals surface area contributed by atoms with Crippen molar-refractivity contribution in [1.29, 1.82) is 0 Å². The summed E-state index contributed by atoms with van der Waals surface area (Å²) in [6.45, 7) is 5.28. The van der Waals surface area contributed by atoms with E-state index < -0.39 is 5.97 Å². The van der Waals surface area contributed by atoms with E-state index in [1.54, 1.807) is 12.1 Å².